The molecule has 1 aliphatic carbocycles. The van der Waals surface area contributed by atoms with Gasteiger partial charge in [0, 0.05) is 25.1 Å². The molecule has 33 heavy (non-hydrogen) atoms. The number of aromatic nitrogens is 2. The lowest BCUT2D eigenvalue weighted by atomic mass is 9.79. The quantitative estimate of drug-likeness (QED) is 0.471. The van der Waals surface area contributed by atoms with Crippen LogP contribution >= 0.6 is 0 Å². The van der Waals surface area contributed by atoms with E-state index in [0.29, 0.717) is 37.8 Å². The average Bonchev–Trinajstić information content (AvgIpc) is 3.28. The molecule has 0 spiro atoms. The summed E-state index contributed by atoms with van der Waals surface area (Å²) in [5.41, 5.74) is -1.43. The number of halogens is 3. The molecule has 0 atom stereocenters. The third-order valence-electron chi connectivity index (χ3n) is 5.85. The first-order chi connectivity index (χ1) is 15.7. The molecular formula is C23H26F3N3O4. The van der Waals surface area contributed by atoms with Crippen molar-refractivity contribution in [3.63, 3.8) is 0 Å². The fraction of sp³-hybridized carbons (Fsp3) is 0.478. The Morgan fingerprint density at radius 2 is 1.73 bits per heavy atom. The van der Waals surface area contributed by atoms with Crippen molar-refractivity contribution in [2.45, 2.75) is 44.7 Å². The lowest BCUT2D eigenvalue weighted by Gasteiger charge is -2.25. The van der Waals surface area contributed by atoms with Gasteiger partial charge in [-0.25, -0.2) is 4.68 Å². The molecule has 0 saturated heterocycles. The second kappa shape index (κ2) is 10.6. The van der Waals surface area contributed by atoms with Crippen LogP contribution in [0.3, 0.4) is 0 Å². The Bertz CT molecular complexity index is 981. The summed E-state index contributed by atoms with van der Waals surface area (Å²) < 4.78 is 46.0. The Kier molecular flexibility index (Phi) is 7.88. The number of rotatable bonds is 8. The van der Waals surface area contributed by atoms with Crippen LogP contribution in [0.25, 0.3) is 5.69 Å². The van der Waals surface area contributed by atoms with Crippen LogP contribution in [0, 0.1) is 11.8 Å². The predicted octanol–water partition coefficient (Wildman–Crippen LogP) is 3.95. The minimum absolute atomic E-state index is 0.0421. The van der Waals surface area contributed by atoms with E-state index in [1.54, 1.807) is 30.3 Å². The van der Waals surface area contributed by atoms with Crippen molar-refractivity contribution < 1.29 is 32.3 Å². The van der Waals surface area contributed by atoms with E-state index >= 15 is 0 Å². The van der Waals surface area contributed by atoms with E-state index < -0.39 is 23.3 Å². The van der Waals surface area contributed by atoms with Crippen LogP contribution in [0.1, 0.15) is 54.6 Å². The van der Waals surface area contributed by atoms with Crippen molar-refractivity contribution in [1.29, 1.82) is 0 Å². The maximum Gasteiger partial charge on any atom is 0.435 e. The van der Waals surface area contributed by atoms with Crippen molar-refractivity contribution in [2.24, 2.45) is 11.8 Å². The second-order valence-electron chi connectivity index (χ2n) is 8.07. The van der Waals surface area contributed by atoms with E-state index in [-0.39, 0.29) is 36.6 Å². The molecule has 1 N–H and O–H groups in total. The number of hydrogen-bond donors (Lipinski definition) is 1. The summed E-state index contributed by atoms with van der Waals surface area (Å²) in [5, 5.41) is 6.02. The number of esters is 1. The summed E-state index contributed by atoms with van der Waals surface area (Å²) in [6, 6.07) is 8.20. The number of ether oxygens (including phenoxy) is 1. The van der Waals surface area contributed by atoms with Crippen LogP contribution in [0.15, 0.2) is 36.5 Å². The van der Waals surface area contributed by atoms with E-state index in [9.17, 15) is 27.6 Å². The van der Waals surface area contributed by atoms with Crippen molar-refractivity contribution in [1.82, 2.24) is 15.1 Å². The molecule has 1 aromatic heterocycles. The van der Waals surface area contributed by atoms with Gasteiger partial charge in [-0.1, -0.05) is 18.2 Å². The zero-order valence-electron chi connectivity index (χ0n) is 18.2. The number of carbonyl (C=O) groups is 3. The standard InChI is InChI=1S/C23H26F3N3O4/c1-33-22(32)16-11-9-15(10-12-16)19(30)8-5-13-27-21(31)18-14-29(17-6-3-2-4-7-17)28-20(18)23(24,25)26/h2-4,6-7,14-16H,5,8-13H2,1H3,(H,27,31). The van der Waals surface area contributed by atoms with Crippen LogP contribution in [-0.4, -0.2) is 41.1 Å². The fourth-order valence-electron chi connectivity index (χ4n) is 4.04. The van der Waals surface area contributed by atoms with Gasteiger partial charge in [-0.3, -0.25) is 14.4 Å². The molecule has 1 amide bonds. The first-order valence-electron chi connectivity index (χ1n) is 10.8. The lowest BCUT2D eigenvalue weighted by Crippen LogP contribution is -2.29. The average molecular weight is 465 g/mol. The SMILES string of the molecule is COC(=O)C1CCC(C(=O)CCCNC(=O)c2cn(-c3ccccc3)nc2C(F)(F)F)CC1. The van der Waals surface area contributed by atoms with Gasteiger partial charge >= 0.3 is 12.1 Å². The zero-order chi connectivity index (χ0) is 24.0. The number of nitrogens with zero attached hydrogens (tertiary/aromatic N) is 2. The molecule has 1 saturated carbocycles. The van der Waals surface area contributed by atoms with E-state index in [0.717, 1.165) is 10.9 Å². The summed E-state index contributed by atoms with van der Waals surface area (Å²) in [6.45, 7) is 0.0654. The summed E-state index contributed by atoms with van der Waals surface area (Å²) in [4.78, 5) is 36.4. The third kappa shape index (κ3) is 6.21. The van der Waals surface area contributed by atoms with E-state index in [4.69, 9.17) is 4.74 Å². The summed E-state index contributed by atoms with van der Waals surface area (Å²) in [6.07, 6.45) is -0.781. The summed E-state index contributed by atoms with van der Waals surface area (Å²) >= 11 is 0. The number of benzene rings is 1. The number of alkyl halides is 3. The van der Waals surface area contributed by atoms with Gasteiger partial charge in [-0.15, -0.1) is 0 Å². The highest BCUT2D eigenvalue weighted by atomic mass is 19.4. The van der Waals surface area contributed by atoms with Crippen LogP contribution in [-0.2, 0) is 20.5 Å². The third-order valence-corrected chi connectivity index (χ3v) is 5.85. The number of nitrogens with one attached hydrogen (secondary N) is 1. The van der Waals surface area contributed by atoms with Gasteiger partial charge in [-0.05, 0) is 44.2 Å². The van der Waals surface area contributed by atoms with Crippen molar-refractivity contribution >= 4 is 17.7 Å². The summed E-state index contributed by atoms with van der Waals surface area (Å²) in [7, 11) is 1.35. The molecule has 2 aromatic rings. The van der Waals surface area contributed by atoms with Gasteiger partial charge in [-0.2, -0.15) is 18.3 Å². The van der Waals surface area contributed by atoms with Crippen LogP contribution in [0.5, 0.6) is 0 Å². The molecule has 3 rings (SSSR count). The molecule has 10 heteroatoms. The number of Topliss-reactive ketones (excluding diaryl/α,β-unsaturated/α-hetero) is 1. The molecule has 0 aliphatic heterocycles. The zero-order valence-corrected chi connectivity index (χ0v) is 18.2. The van der Waals surface area contributed by atoms with Crippen molar-refractivity contribution in [3.8, 4) is 5.69 Å². The Balaban J connectivity index is 1.52. The largest absolute Gasteiger partial charge is 0.469 e. The Labute approximate surface area is 189 Å². The molecule has 0 unspecified atom stereocenters. The van der Waals surface area contributed by atoms with E-state index in [1.165, 1.54) is 7.11 Å². The molecular weight excluding hydrogens is 439 g/mol. The van der Waals surface area contributed by atoms with Crippen molar-refractivity contribution in [2.75, 3.05) is 13.7 Å². The van der Waals surface area contributed by atoms with Crippen LogP contribution in [0.2, 0.25) is 0 Å². The first-order valence-corrected chi connectivity index (χ1v) is 10.8. The van der Waals surface area contributed by atoms with Gasteiger partial charge in [0.05, 0.1) is 24.3 Å². The highest BCUT2D eigenvalue weighted by molar-refractivity contribution is 5.95. The van der Waals surface area contributed by atoms with Crippen LogP contribution in [0.4, 0.5) is 13.2 Å². The molecule has 0 radical (unpaired) electrons. The minimum atomic E-state index is -4.79. The van der Waals surface area contributed by atoms with E-state index in [2.05, 4.69) is 10.4 Å². The molecule has 1 fully saturated rings. The van der Waals surface area contributed by atoms with Gasteiger partial charge < -0.3 is 10.1 Å². The molecule has 0 bridgehead atoms. The number of ketones is 1. The molecule has 1 aliphatic rings. The second-order valence-corrected chi connectivity index (χ2v) is 8.07. The number of amides is 1. The maximum absolute atomic E-state index is 13.4. The van der Waals surface area contributed by atoms with Gasteiger partial charge in [0.25, 0.3) is 5.91 Å². The van der Waals surface area contributed by atoms with Crippen LogP contribution < -0.4 is 5.32 Å². The Morgan fingerprint density at radius 1 is 1.09 bits per heavy atom. The highest BCUT2D eigenvalue weighted by Gasteiger charge is 2.39. The highest BCUT2D eigenvalue weighted by Crippen LogP contribution is 2.32. The number of para-hydroxylation sites is 1. The maximum atomic E-state index is 13.4. The Hall–Kier alpha value is -3.17. The van der Waals surface area contributed by atoms with E-state index in [1.807, 2.05) is 0 Å². The number of carbonyl (C=O) groups excluding carboxylic acids is 3. The topological polar surface area (TPSA) is 90.3 Å². The first kappa shape index (κ1) is 24.5. The van der Waals surface area contributed by atoms with Gasteiger partial charge in [0.1, 0.15) is 5.78 Å². The molecule has 1 aromatic carbocycles. The normalized spacial score (nSPS) is 18.5. The Morgan fingerprint density at radius 3 is 2.33 bits per heavy atom. The number of hydrogen-bond acceptors (Lipinski definition) is 5. The fourth-order valence-corrected chi connectivity index (χ4v) is 4.04. The molecule has 178 valence electrons. The monoisotopic (exact) mass is 465 g/mol. The van der Waals surface area contributed by atoms with Gasteiger partial charge in [0.2, 0.25) is 0 Å². The summed E-state index contributed by atoms with van der Waals surface area (Å²) in [5.74, 6) is -1.41. The van der Waals surface area contributed by atoms with Crippen molar-refractivity contribution in [3.05, 3.63) is 47.8 Å². The van der Waals surface area contributed by atoms with Gasteiger partial charge in [0.15, 0.2) is 5.69 Å². The minimum Gasteiger partial charge on any atom is -0.469 e. The predicted molar refractivity (Wildman–Crippen MR) is 113 cm³/mol. The lowest BCUT2D eigenvalue weighted by molar-refractivity contribution is -0.147. The smallest absolute Gasteiger partial charge is 0.435 e. The number of methoxy groups -OCH3 is 1. The molecule has 7 nitrogen and oxygen atoms in total. The molecule has 1 heterocycles.